The second-order valence-electron chi connectivity index (χ2n) is 10.0. The van der Waals surface area contributed by atoms with Crippen molar-refractivity contribution in [3.8, 4) is 11.1 Å². The molecule has 5 rings (SSSR count). The zero-order valence-electron chi connectivity index (χ0n) is 20.9. The molecule has 1 saturated heterocycles. The fraction of sp³-hybridized carbons (Fsp3) is 0.367. The Kier molecular flexibility index (Phi) is 6.50. The highest BCUT2D eigenvalue weighted by Crippen LogP contribution is 2.41. The monoisotopic (exact) mass is 471 g/mol. The third-order valence-corrected chi connectivity index (χ3v) is 7.44. The van der Waals surface area contributed by atoms with Gasteiger partial charge in [-0.1, -0.05) is 18.2 Å². The van der Waals surface area contributed by atoms with Crippen LogP contribution in [0.1, 0.15) is 56.7 Å². The first kappa shape index (κ1) is 23.4. The number of nitrogens with one attached hydrogen (secondary N) is 1. The fourth-order valence-electron chi connectivity index (χ4n) is 5.61. The van der Waals surface area contributed by atoms with Crippen molar-refractivity contribution in [2.45, 2.75) is 58.5 Å². The van der Waals surface area contributed by atoms with Gasteiger partial charge >= 0.3 is 0 Å². The minimum atomic E-state index is -0.203. The van der Waals surface area contributed by atoms with Crippen LogP contribution in [0, 0.1) is 12.7 Å². The Hall–Kier alpha value is -3.34. The first-order chi connectivity index (χ1) is 16.9. The predicted octanol–water partition coefficient (Wildman–Crippen LogP) is 7.09. The van der Waals surface area contributed by atoms with Crippen molar-refractivity contribution in [2.24, 2.45) is 0 Å². The summed E-state index contributed by atoms with van der Waals surface area (Å²) in [6, 6.07) is 20.5. The molecule has 5 heteroatoms. The first-order valence-corrected chi connectivity index (χ1v) is 12.7. The third-order valence-electron chi connectivity index (χ3n) is 7.44. The molecule has 182 valence electrons. The van der Waals surface area contributed by atoms with Gasteiger partial charge in [-0.3, -0.25) is 4.79 Å². The van der Waals surface area contributed by atoms with Crippen LogP contribution in [0.3, 0.4) is 0 Å². The summed E-state index contributed by atoms with van der Waals surface area (Å²) in [6.07, 6.45) is 4.63. The lowest BCUT2D eigenvalue weighted by molar-refractivity contribution is -0.117. The molecule has 4 nitrogen and oxygen atoms in total. The van der Waals surface area contributed by atoms with E-state index in [9.17, 15) is 9.18 Å². The van der Waals surface area contributed by atoms with Crippen LogP contribution in [0.4, 0.5) is 21.5 Å². The maximum Gasteiger partial charge on any atom is 0.224 e. The van der Waals surface area contributed by atoms with Gasteiger partial charge in [-0.15, -0.1) is 0 Å². The molecule has 0 aliphatic carbocycles. The zero-order valence-corrected chi connectivity index (χ0v) is 20.9. The summed E-state index contributed by atoms with van der Waals surface area (Å²) >= 11 is 0. The van der Waals surface area contributed by atoms with Crippen molar-refractivity contribution in [3.63, 3.8) is 0 Å². The minimum Gasteiger partial charge on any atom is -0.378 e. The smallest absolute Gasteiger partial charge is 0.224 e. The molecule has 0 saturated carbocycles. The van der Waals surface area contributed by atoms with Crippen molar-refractivity contribution in [3.05, 3.63) is 77.6 Å². The molecule has 3 aromatic carbocycles. The van der Waals surface area contributed by atoms with Gasteiger partial charge in [0.1, 0.15) is 5.82 Å². The van der Waals surface area contributed by atoms with Gasteiger partial charge in [-0.2, -0.15) is 0 Å². The number of benzene rings is 3. The highest BCUT2D eigenvalue weighted by molar-refractivity contribution is 5.94. The number of anilines is 3. The van der Waals surface area contributed by atoms with Crippen molar-refractivity contribution in [1.82, 2.24) is 0 Å². The van der Waals surface area contributed by atoms with Gasteiger partial charge in [0.25, 0.3) is 0 Å². The van der Waals surface area contributed by atoms with E-state index >= 15 is 0 Å². The second-order valence-corrected chi connectivity index (χ2v) is 10.0. The molecule has 1 fully saturated rings. The van der Waals surface area contributed by atoms with Crippen molar-refractivity contribution in [2.75, 3.05) is 28.2 Å². The molecule has 0 unspecified atom stereocenters. The quantitative estimate of drug-likeness (QED) is 0.441. The molecule has 2 aliphatic rings. The number of hydrogen-bond acceptors (Lipinski definition) is 3. The number of hydrogen-bond donors (Lipinski definition) is 1. The Morgan fingerprint density at radius 2 is 1.66 bits per heavy atom. The van der Waals surface area contributed by atoms with E-state index in [4.69, 9.17) is 0 Å². The van der Waals surface area contributed by atoms with Crippen LogP contribution in [0.2, 0.25) is 0 Å². The maximum atomic E-state index is 13.8. The lowest BCUT2D eigenvalue weighted by atomic mass is 9.88. The number of halogens is 1. The molecule has 3 aromatic rings. The normalized spacial score (nSPS) is 19.9. The van der Waals surface area contributed by atoms with Gasteiger partial charge in [0, 0.05) is 43.1 Å². The van der Waals surface area contributed by atoms with Gasteiger partial charge in [-0.25, -0.2) is 4.39 Å². The summed E-state index contributed by atoms with van der Waals surface area (Å²) in [7, 11) is 0. The minimum absolute atomic E-state index is 0.0213. The Morgan fingerprint density at radius 1 is 0.943 bits per heavy atom. The first-order valence-electron chi connectivity index (χ1n) is 12.7. The molecule has 1 amide bonds. The van der Waals surface area contributed by atoms with Gasteiger partial charge < -0.3 is 15.1 Å². The SMILES string of the molecule is CC(=O)N1c2ccc(-c3ccc(N4CCCCC4)cc3)cc2[C@@H](Nc2ccc(F)c(C)c2)C[C@H]1C. The van der Waals surface area contributed by atoms with Crippen molar-refractivity contribution in [1.29, 1.82) is 0 Å². The number of nitrogens with zero attached hydrogens (tertiary/aromatic N) is 2. The van der Waals surface area contributed by atoms with Gasteiger partial charge in [0.05, 0.1) is 6.04 Å². The predicted molar refractivity (Wildman–Crippen MR) is 143 cm³/mol. The molecule has 2 atom stereocenters. The summed E-state index contributed by atoms with van der Waals surface area (Å²) in [5.74, 6) is -0.153. The topological polar surface area (TPSA) is 35.6 Å². The van der Waals surface area contributed by atoms with E-state index in [-0.39, 0.29) is 23.8 Å². The van der Waals surface area contributed by atoms with Crippen LogP contribution in [0.25, 0.3) is 11.1 Å². The van der Waals surface area contributed by atoms with Crippen LogP contribution in [0.5, 0.6) is 0 Å². The zero-order chi connectivity index (χ0) is 24.5. The number of fused-ring (bicyclic) bond motifs is 1. The number of carbonyl (C=O) groups is 1. The second kappa shape index (κ2) is 9.73. The Bertz CT molecular complexity index is 1220. The average molecular weight is 472 g/mol. The largest absolute Gasteiger partial charge is 0.378 e. The van der Waals surface area contributed by atoms with Crippen LogP contribution >= 0.6 is 0 Å². The Labute approximate surface area is 207 Å². The molecule has 0 radical (unpaired) electrons. The molecule has 1 N–H and O–H groups in total. The number of amides is 1. The number of carbonyl (C=O) groups excluding carboxylic acids is 1. The summed E-state index contributed by atoms with van der Waals surface area (Å²) < 4.78 is 13.8. The van der Waals surface area contributed by atoms with E-state index < -0.39 is 0 Å². The average Bonchev–Trinajstić information content (AvgIpc) is 2.86. The molecule has 2 aliphatic heterocycles. The van der Waals surface area contributed by atoms with Crippen LogP contribution in [-0.4, -0.2) is 25.0 Å². The molecule has 35 heavy (non-hydrogen) atoms. The number of piperidine rings is 1. The number of rotatable bonds is 4. The highest BCUT2D eigenvalue weighted by Gasteiger charge is 2.32. The molecule has 0 spiro atoms. The molecule has 0 aromatic heterocycles. The molecule has 2 heterocycles. The summed E-state index contributed by atoms with van der Waals surface area (Å²) in [5.41, 5.74) is 7.13. The van der Waals surface area contributed by atoms with E-state index in [0.717, 1.165) is 47.6 Å². The summed E-state index contributed by atoms with van der Waals surface area (Å²) in [4.78, 5) is 16.9. The van der Waals surface area contributed by atoms with Crippen LogP contribution in [0.15, 0.2) is 60.7 Å². The fourth-order valence-corrected chi connectivity index (χ4v) is 5.61. The van der Waals surface area contributed by atoms with E-state index in [1.807, 2.05) is 11.0 Å². The van der Waals surface area contributed by atoms with Gasteiger partial charge in [-0.05, 0) is 104 Å². The van der Waals surface area contributed by atoms with E-state index in [0.29, 0.717) is 5.56 Å². The number of aryl methyl sites for hydroxylation is 1. The van der Waals surface area contributed by atoms with E-state index in [1.54, 1.807) is 19.9 Å². The summed E-state index contributed by atoms with van der Waals surface area (Å²) in [5, 5.41) is 3.61. The standard InChI is InChI=1S/C30H34FN3O/c1-20-17-25(10-13-28(20)31)32-29-18-21(2)34(22(3)35)30-14-9-24(19-27(29)30)23-7-11-26(12-8-23)33-15-5-4-6-16-33/h7-14,17,19,21,29,32H,4-6,15-16,18H2,1-3H3/t21-,29+/m1/s1. The van der Waals surface area contributed by atoms with Crippen molar-refractivity contribution >= 4 is 23.0 Å². The third kappa shape index (κ3) is 4.77. The van der Waals surface area contributed by atoms with Gasteiger partial charge in [0.15, 0.2) is 0 Å². The van der Waals surface area contributed by atoms with Crippen molar-refractivity contribution < 1.29 is 9.18 Å². The Balaban J connectivity index is 1.48. The molecular weight excluding hydrogens is 437 g/mol. The molecule has 0 bridgehead atoms. The van der Waals surface area contributed by atoms with Gasteiger partial charge in [0.2, 0.25) is 5.91 Å². The molecular formula is C30H34FN3O. The van der Waals surface area contributed by atoms with E-state index in [1.165, 1.54) is 31.0 Å². The highest BCUT2D eigenvalue weighted by atomic mass is 19.1. The lowest BCUT2D eigenvalue weighted by Gasteiger charge is -2.40. The van der Waals surface area contributed by atoms with Crippen LogP contribution in [-0.2, 0) is 4.79 Å². The van der Waals surface area contributed by atoms with E-state index in [2.05, 4.69) is 59.6 Å². The maximum absolute atomic E-state index is 13.8. The lowest BCUT2D eigenvalue weighted by Crippen LogP contribution is -2.43. The van der Waals surface area contributed by atoms with Crippen LogP contribution < -0.4 is 15.1 Å². The summed E-state index contributed by atoms with van der Waals surface area (Å²) in [6.45, 7) is 7.76. The Morgan fingerprint density at radius 3 is 2.34 bits per heavy atom.